The van der Waals surface area contributed by atoms with Gasteiger partial charge in [-0.2, -0.15) is 0 Å². The number of rotatable bonds is 6. The molecule has 2 aromatic heterocycles. The van der Waals surface area contributed by atoms with Crippen LogP contribution in [-0.4, -0.2) is 15.8 Å². The number of para-hydroxylation sites is 5. The van der Waals surface area contributed by atoms with Gasteiger partial charge in [0, 0.05) is 66.5 Å². The van der Waals surface area contributed by atoms with E-state index in [4.69, 9.17) is 11.6 Å². The molecule has 438 valence electrons. The maximum Gasteiger partial charge on any atom is 0.247 e. The molecule has 0 aliphatic carbocycles. The van der Waals surface area contributed by atoms with Gasteiger partial charge in [-0.05, 0) is 139 Å². The SMILES string of the molecule is [2H]c1c([2H])c([2H])c(-c2ccc3c(c2)B2c4ccc(-n5c6c([2H])c([2H])c([2H])c([2H])c6c6c([2H])c([2H])c([2H])c([2H])c65)cc4N(c4c(-c5ccccc5)cccc4-c4ccccc4)c4cc(-n5c6ccc(C(C)(C)C)cc6c6cc(C(C)(C)C)ccc65)cc(c42)C32c3ccccc3Oc3ccccc32)c([2H])c1[2H]. The number of benzene rings is 13. The van der Waals surface area contributed by atoms with Crippen molar-refractivity contribution in [2.45, 2.75) is 57.8 Å². The summed E-state index contributed by atoms with van der Waals surface area (Å²) < 4.78 is 132. The van der Waals surface area contributed by atoms with E-state index in [0.29, 0.717) is 28.4 Å². The van der Waals surface area contributed by atoms with Crippen LogP contribution in [0.3, 0.4) is 0 Å². The Labute approximate surface area is 556 Å². The summed E-state index contributed by atoms with van der Waals surface area (Å²) >= 11 is 0. The number of aromatic nitrogens is 2. The molecule has 0 atom stereocenters. The van der Waals surface area contributed by atoms with E-state index in [1.54, 1.807) is 4.57 Å². The highest BCUT2D eigenvalue weighted by Gasteiger charge is 2.55. The van der Waals surface area contributed by atoms with Crippen LogP contribution in [0.25, 0.3) is 88.4 Å². The second-order valence-corrected chi connectivity index (χ2v) is 26.6. The summed E-state index contributed by atoms with van der Waals surface area (Å²) in [6, 6.07) is 67.0. The Balaban J connectivity index is 1.09. The number of hydrogen-bond donors (Lipinski definition) is 0. The van der Waals surface area contributed by atoms with Crippen LogP contribution in [0.1, 0.15) is 92.7 Å². The van der Waals surface area contributed by atoms with Crippen molar-refractivity contribution in [3.63, 3.8) is 0 Å². The Morgan fingerprint density at radius 3 is 1.49 bits per heavy atom. The van der Waals surface area contributed by atoms with Crippen molar-refractivity contribution in [1.29, 1.82) is 0 Å². The van der Waals surface area contributed by atoms with Crippen molar-refractivity contribution in [2.24, 2.45) is 0 Å². The molecule has 0 radical (unpaired) electrons. The lowest BCUT2D eigenvalue weighted by molar-refractivity contribution is 0.435. The van der Waals surface area contributed by atoms with Crippen LogP contribution >= 0.6 is 0 Å². The molecule has 3 aliphatic rings. The summed E-state index contributed by atoms with van der Waals surface area (Å²) in [4.78, 5) is 2.33. The van der Waals surface area contributed by atoms with E-state index in [0.717, 1.165) is 99.8 Å². The topological polar surface area (TPSA) is 22.3 Å². The second kappa shape index (κ2) is 20.1. The maximum absolute atomic E-state index is 9.81. The van der Waals surface area contributed by atoms with Gasteiger partial charge in [0.1, 0.15) is 11.5 Å². The van der Waals surface area contributed by atoms with Gasteiger partial charge < -0.3 is 18.8 Å². The molecule has 1 spiro atoms. The fourth-order valence-corrected chi connectivity index (χ4v) is 15.3. The number of nitrogens with zero attached hydrogens (tertiary/aromatic N) is 3. The van der Waals surface area contributed by atoms with Gasteiger partial charge in [-0.25, -0.2) is 0 Å². The molecule has 0 N–H and O–H groups in total. The molecule has 0 saturated carbocycles. The van der Waals surface area contributed by atoms with Crippen LogP contribution in [0.4, 0.5) is 17.1 Å². The van der Waals surface area contributed by atoms with E-state index in [-0.39, 0.29) is 50.3 Å². The van der Waals surface area contributed by atoms with Crippen LogP contribution in [-0.2, 0) is 16.2 Å². The first kappa shape index (κ1) is 42.2. The molecule has 18 rings (SSSR count). The Hall–Kier alpha value is -10.9. The molecule has 15 aromatic rings. The average Bonchev–Trinajstić information content (AvgIpc) is 1.10. The van der Waals surface area contributed by atoms with E-state index in [9.17, 15) is 11.0 Å². The molecule has 0 bridgehead atoms. The molecule has 5 heterocycles. The minimum absolute atomic E-state index is 0.0281. The van der Waals surface area contributed by atoms with Crippen LogP contribution in [0.15, 0.2) is 291 Å². The molecule has 4 nitrogen and oxygen atoms in total. The monoisotopic (exact) mass is 1190 g/mol. The van der Waals surface area contributed by atoms with Crippen LogP contribution in [0.5, 0.6) is 11.5 Å². The lowest BCUT2D eigenvalue weighted by Crippen LogP contribution is -2.65. The third kappa shape index (κ3) is 7.91. The fraction of sp³-hybridized carbons (Fsp3) is 0.103. The molecule has 13 aromatic carbocycles. The Bertz CT molecular complexity index is 6070. The van der Waals surface area contributed by atoms with Crippen molar-refractivity contribution < 1.29 is 22.6 Å². The van der Waals surface area contributed by atoms with Crippen molar-refractivity contribution in [3.05, 3.63) is 324 Å². The Morgan fingerprint density at radius 2 is 0.902 bits per heavy atom. The smallest absolute Gasteiger partial charge is 0.247 e. The first-order valence-electron chi connectivity index (χ1n) is 37.9. The van der Waals surface area contributed by atoms with E-state index < -0.39 is 78.6 Å². The largest absolute Gasteiger partial charge is 0.457 e. The van der Waals surface area contributed by atoms with Gasteiger partial charge in [-0.15, -0.1) is 0 Å². The minimum atomic E-state index is -1.26. The fourth-order valence-electron chi connectivity index (χ4n) is 15.3. The molecule has 92 heavy (non-hydrogen) atoms. The van der Waals surface area contributed by atoms with E-state index in [1.165, 1.54) is 11.1 Å². The lowest BCUT2D eigenvalue weighted by Gasteiger charge is -2.50. The third-order valence-corrected chi connectivity index (χ3v) is 19.5. The van der Waals surface area contributed by atoms with Gasteiger partial charge in [0.25, 0.3) is 0 Å². The van der Waals surface area contributed by atoms with Gasteiger partial charge in [-0.1, -0.05) is 265 Å². The highest BCUT2D eigenvalue weighted by Crippen LogP contribution is 2.59. The number of ether oxygens (including phenoxy) is 1. The quantitative estimate of drug-likeness (QED) is 0.155. The summed E-state index contributed by atoms with van der Waals surface area (Å²) in [5.74, 6) is 1.24. The highest BCUT2D eigenvalue weighted by molar-refractivity contribution is 6.99. The normalized spacial score (nSPS) is 15.7. The molecule has 5 heteroatoms. The summed E-state index contributed by atoms with van der Waals surface area (Å²) in [5.41, 5.74) is 15.5. The predicted octanol–water partition coefficient (Wildman–Crippen LogP) is 20.6. The van der Waals surface area contributed by atoms with Gasteiger partial charge in [0.05, 0.1) is 51.0 Å². The Kier molecular flexibility index (Phi) is 9.20. The van der Waals surface area contributed by atoms with E-state index in [2.05, 4.69) is 160 Å². The molecule has 3 aliphatic heterocycles. The molecular weight excluding hydrogens is 1110 g/mol. The zero-order valence-electron chi connectivity index (χ0n) is 64.5. The second-order valence-electron chi connectivity index (χ2n) is 26.6. The van der Waals surface area contributed by atoms with Gasteiger partial charge in [0.2, 0.25) is 6.71 Å². The Morgan fingerprint density at radius 1 is 0.370 bits per heavy atom. The minimum Gasteiger partial charge on any atom is -0.457 e. The first-order chi connectivity index (χ1) is 50.3. The summed E-state index contributed by atoms with van der Waals surface area (Å²) in [5, 5.41) is 2.03. The average molecular weight is 1190 g/mol. The number of hydrogen-bond acceptors (Lipinski definition) is 2. The molecule has 0 saturated heterocycles. The van der Waals surface area contributed by atoms with Gasteiger partial charge >= 0.3 is 0 Å². The van der Waals surface area contributed by atoms with Crippen molar-refractivity contribution in [1.82, 2.24) is 9.13 Å². The number of anilines is 3. The molecule has 0 unspecified atom stereocenters. The lowest BCUT2D eigenvalue weighted by atomic mass is 9.29. The zero-order chi connectivity index (χ0) is 73.1. The van der Waals surface area contributed by atoms with Gasteiger partial charge in [0.15, 0.2) is 0 Å². The summed E-state index contributed by atoms with van der Waals surface area (Å²) in [7, 11) is 0. The zero-order valence-corrected chi connectivity index (χ0v) is 51.5. The highest BCUT2D eigenvalue weighted by atomic mass is 16.5. The van der Waals surface area contributed by atoms with Crippen LogP contribution in [0, 0.1) is 0 Å². The standard InChI is InChI=1S/C87H66BN3O/c1-85(2,3)59-42-47-77-67(50-59)68-51-60(86(4,5)6)43-48-78(68)90(77)62-52-72-83-80(54-62)91(84-63(56-27-12-8-13-28-56)33-24-34-64(84)57-29-14-9-15-30-57)79-53-61(89-75-37-20-16-31-65(75)66-32-17-21-38-76(66)89)44-46-73(79)88(83)74-49-58(55-25-10-7-11-26-55)41-45-69(74)87(72)70-35-18-22-39-81(70)92-82-40-23-19-36-71(82)87/h7-54H,1-6H3/i7D,10D,11D,16D,17D,20D,21D,25D,26D,31D,32D,37D,38D. The summed E-state index contributed by atoms with van der Waals surface area (Å²) in [6.45, 7) is 12.6. The van der Waals surface area contributed by atoms with Gasteiger partial charge in [-0.3, -0.25) is 0 Å². The predicted molar refractivity (Wildman–Crippen MR) is 387 cm³/mol. The van der Waals surface area contributed by atoms with Crippen LogP contribution < -0.4 is 26.0 Å². The molecule has 0 fully saturated rings. The van der Waals surface area contributed by atoms with Crippen molar-refractivity contribution in [3.8, 4) is 56.3 Å². The van der Waals surface area contributed by atoms with E-state index >= 15 is 0 Å². The van der Waals surface area contributed by atoms with Crippen molar-refractivity contribution >= 4 is 83.8 Å². The summed E-state index contributed by atoms with van der Waals surface area (Å²) in [6.07, 6.45) is 0. The van der Waals surface area contributed by atoms with Crippen molar-refractivity contribution in [2.75, 3.05) is 4.90 Å². The molecule has 0 amide bonds. The third-order valence-electron chi connectivity index (χ3n) is 19.5. The van der Waals surface area contributed by atoms with Crippen LogP contribution in [0.2, 0.25) is 0 Å². The van der Waals surface area contributed by atoms with E-state index in [1.807, 2.05) is 103 Å². The molecular formula is C87H66BN3O. The number of fused-ring (bicyclic) bond motifs is 16. The maximum atomic E-state index is 9.81. The first-order valence-corrected chi connectivity index (χ1v) is 31.4.